The lowest BCUT2D eigenvalue weighted by atomic mass is 10.2. The average molecular weight is 350 g/mol. The third-order valence-electron chi connectivity index (χ3n) is 3.49. The summed E-state index contributed by atoms with van der Waals surface area (Å²) in [7, 11) is 0. The minimum absolute atomic E-state index is 0.00341. The number of pyridine rings is 1. The fourth-order valence-electron chi connectivity index (χ4n) is 2.16. The van der Waals surface area contributed by atoms with Crippen molar-refractivity contribution in [1.82, 2.24) is 4.98 Å². The van der Waals surface area contributed by atoms with E-state index in [0.29, 0.717) is 17.1 Å². The number of hydrogen-bond donors (Lipinski definition) is 2. The molecule has 0 saturated carbocycles. The van der Waals surface area contributed by atoms with Gasteiger partial charge in [0.05, 0.1) is 23.5 Å². The number of carbonyl (C=O) groups is 1. The van der Waals surface area contributed by atoms with E-state index in [9.17, 15) is 13.6 Å². The number of benzene rings is 2. The molecule has 0 aliphatic heterocycles. The maximum atomic E-state index is 13.2. The quantitative estimate of drug-likeness (QED) is 0.738. The van der Waals surface area contributed by atoms with Crippen LogP contribution in [0.15, 0.2) is 60.8 Å². The van der Waals surface area contributed by atoms with Gasteiger partial charge in [-0.2, -0.15) is 5.26 Å². The number of amides is 1. The molecule has 1 heterocycles. The fraction of sp³-hybridized carbons (Fsp3) is 0. The second-order valence-electron chi connectivity index (χ2n) is 5.33. The zero-order valence-corrected chi connectivity index (χ0v) is 13.3. The molecule has 26 heavy (non-hydrogen) atoms. The molecule has 2 aromatic carbocycles. The van der Waals surface area contributed by atoms with Crippen molar-refractivity contribution in [3.63, 3.8) is 0 Å². The smallest absolute Gasteiger partial charge is 0.255 e. The van der Waals surface area contributed by atoms with Crippen LogP contribution < -0.4 is 10.6 Å². The number of halogens is 2. The van der Waals surface area contributed by atoms with Gasteiger partial charge in [-0.25, -0.2) is 13.8 Å². The Hall–Kier alpha value is -3.79. The lowest BCUT2D eigenvalue weighted by Gasteiger charge is -2.08. The standard InChI is InChI=1S/C19H12F2N4O/c20-16-7-3-13(9-17(16)21)19(26)25-15-6-8-18(23-11-15)24-14-4-1-12(10-22)2-5-14/h1-9,11H,(H,23,24)(H,25,26). The van der Waals surface area contributed by atoms with Crippen molar-refractivity contribution in [2.45, 2.75) is 0 Å². The number of aromatic nitrogens is 1. The SMILES string of the molecule is N#Cc1ccc(Nc2ccc(NC(=O)c3ccc(F)c(F)c3)cn2)cc1. The van der Waals surface area contributed by atoms with Crippen molar-refractivity contribution in [3.8, 4) is 6.07 Å². The largest absolute Gasteiger partial charge is 0.340 e. The van der Waals surface area contributed by atoms with Gasteiger partial charge < -0.3 is 10.6 Å². The molecule has 0 radical (unpaired) electrons. The molecule has 7 heteroatoms. The molecule has 128 valence electrons. The van der Waals surface area contributed by atoms with Crippen LogP contribution >= 0.6 is 0 Å². The van der Waals surface area contributed by atoms with Gasteiger partial charge in [-0.1, -0.05) is 0 Å². The Morgan fingerprint density at radius 1 is 0.962 bits per heavy atom. The van der Waals surface area contributed by atoms with Crippen molar-refractivity contribution in [2.24, 2.45) is 0 Å². The highest BCUT2D eigenvalue weighted by molar-refractivity contribution is 6.04. The highest BCUT2D eigenvalue weighted by Gasteiger charge is 2.10. The molecule has 0 aliphatic carbocycles. The van der Waals surface area contributed by atoms with Crippen LogP contribution in [0.5, 0.6) is 0 Å². The number of hydrogen-bond acceptors (Lipinski definition) is 4. The summed E-state index contributed by atoms with van der Waals surface area (Å²) in [5.41, 5.74) is 1.72. The average Bonchev–Trinajstić information content (AvgIpc) is 2.66. The Balaban J connectivity index is 1.66. The van der Waals surface area contributed by atoms with Crippen LogP contribution in [0.3, 0.4) is 0 Å². The van der Waals surface area contributed by atoms with Crippen LogP contribution in [-0.2, 0) is 0 Å². The van der Waals surface area contributed by atoms with Gasteiger partial charge in [-0.3, -0.25) is 4.79 Å². The van der Waals surface area contributed by atoms with E-state index in [4.69, 9.17) is 5.26 Å². The molecular formula is C19H12F2N4O. The summed E-state index contributed by atoms with van der Waals surface area (Å²) in [6.45, 7) is 0. The molecule has 0 fully saturated rings. The number of nitrogens with one attached hydrogen (secondary N) is 2. The van der Waals surface area contributed by atoms with Crippen molar-refractivity contribution in [2.75, 3.05) is 10.6 Å². The van der Waals surface area contributed by atoms with Crippen molar-refractivity contribution >= 4 is 23.1 Å². The van der Waals surface area contributed by atoms with Crippen LogP contribution in [-0.4, -0.2) is 10.9 Å². The molecule has 0 atom stereocenters. The van der Waals surface area contributed by atoms with Crippen molar-refractivity contribution < 1.29 is 13.6 Å². The van der Waals surface area contributed by atoms with Crippen LogP contribution in [0.1, 0.15) is 15.9 Å². The van der Waals surface area contributed by atoms with E-state index in [0.717, 1.165) is 17.8 Å². The Bertz CT molecular complexity index is 980. The van der Waals surface area contributed by atoms with E-state index in [-0.39, 0.29) is 5.56 Å². The van der Waals surface area contributed by atoms with Crippen molar-refractivity contribution in [1.29, 1.82) is 5.26 Å². The highest BCUT2D eigenvalue weighted by Crippen LogP contribution is 2.17. The number of rotatable bonds is 4. The van der Waals surface area contributed by atoms with Gasteiger partial charge in [-0.15, -0.1) is 0 Å². The second-order valence-corrected chi connectivity index (χ2v) is 5.33. The number of nitrogens with zero attached hydrogens (tertiary/aromatic N) is 2. The Morgan fingerprint density at radius 3 is 2.31 bits per heavy atom. The Kier molecular flexibility index (Phi) is 4.85. The summed E-state index contributed by atoms with van der Waals surface area (Å²) in [5, 5.41) is 14.4. The summed E-state index contributed by atoms with van der Waals surface area (Å²) in [6.07, 6.45) is 1.43. The van der Waals surface area contributed by atoms with Crippen LogP contribution in [0, 0.1) is 23.0 Å². The molecule has 0 aliphatic rings. The van der Waals surface area contributed by atoms with E-state index < -0.39 is 17.5 Å². The predicted octanol–water partition coefficient (Wildman–Crippen LogP) is 4.23. The number of carbonyl (C=O) groups excluding carboxylic acids is 1. The van der Waals surface area contributed by atoms with Crippen molar-refractivity contribution in [3.05, 3.63) is 83.6 Å². The first-order chi connectivity index (χ1) is 12.5. The molecule has 0 spiro atoms. The molecule has 0 saturated heterocycles. The Morgan fingerprint density at radius 2 is 1.69 bits per heavy atom. The lowest BCUT2D eigenvalue weighted by Crippen LogP contribution is -2.12. The molecule has 1 amide bonds. The third kappa shape index (κ3) is 3.99. The summed E-state index contributed by atoms with van der Waals surface area (Å²) >= 11 is 0. The molecular weight excluding hydrogens is 338 g/mol. The minimum atomic E-state index is -1.09. The maximum Gasteiger partial charge on any atom is 0.255 e. The minimum Gasteiger partial charge on any atom is -0.340 e. The van der Waals surface area contributed by atoms with E-state index in [1.54, 1.807) is 36.4 Å². The maximum absolute atomic E-state index is 13.2. The van der Waals surface area contributed by atoms with Gasteiger partial charge in [0.25, 0.3) is 5.91 Å². The van der Waals surface area contributed by atoms with Gasteiger partial charge in [0.2, 0.25) is 0 Å². The highest BCUT2D eigenvalue weighted by atomic mass is 19.2. The van der Waals surface area contributed by atoms with Gasteiger partial charge in [-0.05, 0) is 54.6 Å². The second kappa shape index (κ2) is 7.40. The van der Waals surface area contributed by atoms with E-state index in [2.05, 4.69) is 15.6 Å². The fourth-order valence-corrected chi connectivity index (χ4v) is 2.16. The van der Waals surface area contributed by atoms with E-state index in [1.807, 2.05) is 6.07 Å². The summed E-state index contributed by atoms with van der Waals surface area (Å²) in [5.74, 6) is -2.13. The number of nitriles is 1. The van der Waals surface area contributed by atoms with Gasteiger partial charge in [0.15, 0.2) is 11.6 Å². The first-order valence-electron chi connectivity index (χ1n) is 7.55. The third-order valence-corrected chi connectivity index (χ3v) is 3.49. The number of anilines is 3. The van der Waals surface area contributed by atoms with E-state index in [1.165, 1.54) is 12.3 Å². The summed E-state index contributed by atoms with van der Waals surface area (Å²) in [4.78, 5) is 16.2. The van der Waals surface area contributed by atoms with E-state index >= 15 is 0 Å². The van der Waals surface area contributed by atoms with Gasteiger partial charge in [0.1, 0.15) is 5.82 Å². The van der Waals surface area contributed by atoms with Gasteiger partial charge >= 0.3 is 0 Å². The lowest BCUT2D eigenvalue weighted by molar-refractivity contribution is 0.102. The van der Waals surface area contributed by atoms with Crippen LogP contribution in [0.4, 0.5) is 26.0 Å². The molecule has 3 rings (SSSR count). The monoisotopic (exact) mass is 350 g/mol. The predicted molar refractivity (Wildman–Crippen MR) is 93.0 cm³/mol. The molecule has 1 aromatic heterocycles. The van der Waals surface area contributed by atoms with Crippen LogP contribution in [0.2, 0.25) is 0 Å². The summed E-state index contributed by atoms with van der Waals surface area (Å²) < 4.78 is 26.1. The molecule has 2 N–H and O–H groups in total. The van der Waals surface area contributed by atoms with Gasteiger partial charge in [0, 0.05) is 11.3 Å². The topological polar surface area (TPSA) is 77.8 Å². The van der Waals surface area contributed by atoms with Crippen LogP contribution in [0.25, 0.3) is 0 Å². The molecule has 0 unspecified atom stereocenters. The zero-order chi connectivity index (χ0) is 18.5. The normalized spacial score (nSPS) is 10.0. The molecule has 3 aromatic rings. The first-order valence-corrected chi connectivity index (χ1v) is 7.55. The molecule has 5 nitrogen and oxygen atoms in total. The molecule has 0 bridgehead atoms. The summed E-state index contributed by atoms with van der Waals surface area (Å²) in [6, 6.07) is 15.1. The first kappa shape index (κ1) is 17.0. The Labute approximate surface area is 147 Å². The zero-order valence-electron chi connectivity index (χ0n) is 13.3.